The molecule has 0 N–H and O–H groups in total. The fraction of sp³-hybridized carbons (Fsp3) is 0.400. The van der Waals surface area contributed by atoms with Gasteiger partial charge in [0.05, 0.1) is 5.92 Å². The standard InChI is InChI=1S/C10H9BrF2/c1-6-2-3-7(9(11)4-6)8-5-10(8,12)13/h2-4,8H,5H2,1H3. The molecule has 0 amide bonds. The topological polar surface area (TPSA) is 0 Å². The zero-order valence-corrected chi connectivity index (χ0v) is 8.74. The molecule has 0 heterocycles. The van der Waals surface area contributed by atoms with Crippen LogP contribution < -0.4 is 0 Å². The fourth-order valence-corrected chi connectivity index (χ4v) is 2.24. The van der Waals surface area contributed by atoms with Gasteiger partial charge in [0.1, 0.15) is 0 Å². The Morgan fingerprint density at radius 1 is 1.46 bits per heavy atom. The van der Waals surface area contributed by atoms with Crippen LogP contribution in [0.2, 0.25) is 0 Å². The van der Waals surface area contributed by atoms with E-state index in [1.54, 1.807) is 6.07 Å². The summed E-state index contributed by atoms with van der Waals surface area (Å²) in [6.45, 7) is 1.94. The summed E-state index contributed by atoms with van der Waals surface area (Å²) in [5, 5.41) is 0. The third-order valence-electron chi connectivity index (χ3n) is 2.36. The number of hydrogen-bond donors (Lipinski definition) is 0. The lowest BCUT2D eigenvalue weighted by molar-refractivity contribution is 0.112. The van der Waals surface area contributed by atoms with Gasteiger partial charge in [-0.3, -0.25) is 0 Å². The number of benzene rings is 1. The second-order valence-corrected chi connectivity index (χ2v) is 4.40. The summed E-state index contributed by atoms with van der Waals surface area (Å²) in [5.74, 6) is -3.04. The lowest BCUT2D eigenvalue weighted by Gasteiger charge is -2.03. The molecule has 1 aromatic rings. The molecule has 1 atom stereocenters. The molecule has 0 aliphatic heterocycles. The van der Waals surface area contributed by atoms with E-state index in [0.29, 0.717) is 0 Å². The quantitative estimate of drug-likeness (QED) is 0.706. The van der Waals surface area contributed by atoms with E-state index in [1.807, 2.05) is 19.1 Å². The number of aryl methyl sites for hydroxylation is 1. The lowest BCUT2D eigenvalue weighted by atomic mass is 10.1. The third kappa shape index (κ3) is 1.62. The predicted octanol–water partition coefficient (Wildman–Crippen LogP) is 3.88. The highest BCUT2D eigenvalue weighted by Gasteiger charge is 2.58. The Balaban J connectivity index is 2.33. The molecular weight excluding hydrogens is 238 g/mol. The van der Waals surface area contributed by atoms with Gasteiger partial charge < -0.3 is 0 Å². The summed E-state index contributed by atoms with van der Waals surface area (Å²) >= 11 is 3.31. The van der Waals surface area contributed by atoms with Gasteiger partial charge >= 0.3 is 0 Å². The summed E-state index contributed by atoms with van der Waals surface area (Å²) in [7, 11) is 0. The predicted molar refractivity (Wildman–Crippen MR) is 51.2 cm³/mol. The van der Waals surface area contributed by atoms with E-state index in [9.17, 15) is 8.78 Å². The monoisotopic (exact) mass is 246 g/mol. The van der Waals surface area contributed by atoms with Crippen molar-refractivity contribution < 1.29 is 8.78 Å². The molecule has 1 fully saturated rings. The first kappa shape index (κ1) is 9.13. The van der Waals surface area contributed by atoms with Gasteiger partial charge in [0.15, 0.2) is 0 Å². The molecule has 1 aliphatic rings. The SMILES string of the molecule is Cc1ccc(C2CC2(F)F)c(Br)c1. The Morgan fingerprint density at radius 3 is 2.54 bits per heavy atom. The maximum absolute atomic E-state index is 12.7. The largest absolute Gasteiger partial charge is 0.255 e. The molecule has 0 radical (unpaired) electrons. The Kier molecular flexibility index (Phi) is 1.95. The van der Waals surface area contributed by atoms with E-state index in [0.717, 1.165) is 15.6 Å². The molecule has 0 spiro atoms. The van der Waals surface area contributed by atoms with E-state index >= 15 is 0 Å². The molecule has 1 aliphatic carbocycles. The number of rotatable bonds is 1. The van der Waals surface area contributed by atoms with Crippen molar-refractivity contribution >= 4 is 15.9 Å². The molecule has 3 heteroatoms. The molecule has 0 aromatic heterocycles. The van der Waals surface area contributed by atoms with Gasteiger partial charge in [0.25, 0.3) is 5.92 Å². The molecule has 0 bridgehead atoms. The second kappa shape index (κ2) is 2.77. The van der Waals surface area contributed by atoms with Crippen LogP contribution in [0.1, 0.15) is 23.5 Å². The molecule has 2 rings (SSSR count). The van der Waals surface area contributed by atoms with E-state index in [-0.39, 0.29) is 6.42 Å². The zero-order valence-electron chi connectivity index (χ0n) is 7.15. The van der Waals surface area contributed by atoms with E-state index in [1.165, 1.54) is 0 Å². The molecule has 13 heavy (non-hydrogen) atoms. The maximum atomic E-state index is 12.7. The number of halogens is 3. The zero-order chi connectivity index (χ0) is 9.64. The Hall–Kier alpha value is -0.440. The van der Waals surface area contributed by atoms with Crippen molar-refractivity contribution in [3.05, 3.63) is 33.8 Å². The van der Waals surface area contributed by atoms with Crippen molar-refractivity contribution in [1.29, 1.82) is 0 Å². The molecule has 70 valence electrons. The minimum atomic E-state index is -2.47. The van der Waals surface area contributed by atoms with Crippen LogP contribution >= 0.6 is 15.9 Å². The molecule has 1 saturated carbocycles. The first-order chi connectivity index (χ1) is 6.00. The highest BCUT2D eigenvalue weighted by atomic mass is 79.9. The number of hydrogen-bond acceptors (Lipinski definition) is 0. The van der Waals surface area contributed by atoms with E-state index in [4.69, 9.17) is 0 Å². The third-order valence-corrected chi connectivity index (χ3v) is 3.04. The summed E-state index contributed by atoms with van der Waals surface area (Å²) in [6, 6.07) is 5.53. The Labute approximate surface area is 84.1 Å². The van der Waals surface area contributed by atoms with Gasteiger partial charge in [0, 0.05) is 10.9 Å². The second-order valence-electron chi connectivity index (χ2n) is 3.54. The van der Waals surface area contributed by atoms with Crippen molar-refractivity contribution in [2.45, 2.75) is 25.2 Å². The molecular formula is C10H9BrF2. The van der Waals surface area contributed by atoms with Crippen LogP contribution in [-0.2, 0) is 0 Å². The van der Waals surface area contributed by atoms with Crippen LogP contribution in [0.3, 0.4) is 0 Å². The van der Waals surface area contributed by atoms with Gasteiger partial charge in [0.2, 0.25) is 0 Å². The van der Waals surface area contributed by atoms with Gasteiger partial charge in [-0.2, -0.15) is 0 Å². The minimum Gasteiger partial charge on any atom is -0.206 e. The van der Waals surface area contributed by atoms with Crippen LogP contribution in [0.4, 0.5) is 8.78 Å². The van der Waals surface area contributed by atoms with Gasteiger partial charge in [-0.15, -0.1) is 0 Å². The molecule has 1 aromatic carbocycles. The smallest absolute Gasteiger partial charge is 0.206 e. The first-order valence-corrected chi connectivity index (χ1v) is 4.94. The summed E-state index contributed by atoms with van der Waals surface area (Å²) in [5.41, 5.74) is 1.81. The average Bonchev–Trinajstić information content (AvgIpc) is 2.59. The molecule has 0 saturated heterocycles. The van der Waals surface area contributed by atoms with Crippen molar-refractivity contribution in [2.24, 2.45) is 0 Å². The number of alkyl halides is 2. The summed E-state index contributed by atoms with van der Waals surface area (Å²) < 4.78 is 26.3. The van der Waals surface area contributed by atoms with Crippen molar-refractivity contribution in [3.63, 3.8) is 0 Å². The van der Waals surface area contributed by atoms with Crippen molar-refractivity contribution in [2.75, 3.05) is 0 Å². The minimum absolute atomic E-state index is 0.00530. The van der Waals surface area contributed by atoms with Gasteiger partial charge in [-0.05, 0) is 24.1 Å². The molecule has 1 unspecified atom stereocenters. The Morgan fingerprint density at radius 2 is 2.08 bits per heavy atom. The van der Waals surface area contributed by atoms with E-state index < -0.39 is 11.8 Å². The highest BCUT2D eigenvalue weighted by molar-refractivity contribution is 9.10. The van der Waals surface area contributed by atoms with Crippen molar-refractivity contribution in [1.82, 2.24) is 0 Å². The van der Waals surface area contributed by atoms with E-state index in [2.05, 4.69) is 15.9 Å². The summed E-state index contributed by atoms with van der Waals surface area (Å²) in [4.78, 5) is 0. The van der Waals surface area contributed by atoms with Crippen LogP contribution in [-0.4, -0.2) is 5.92 Å². The van der Waals surface area contributed by atoms with Crippen LogP contribution in [0.25, 0.3) is 0 Å². The maximum Gasteiger partial charge on any atom is 0.255 e. The fourth-order valence-electron chi connectivity index (χ4n) is 1.47. The van der Waals surface area contributed by atoms with Gasteiger partial charge in [-0.25, -0.2) is 8.78 Å². The van der Waals surface area contributed by atoms with Crippen molar-refractivity contribution in [3.8, 4) is 0 Å². The van der Waals surface area contributed by atoms with Crippen LogP contribution in [0, 0.1) is 6.92 Å². The summed E-state index contributed by atoms with van der Waals surface area (Å²) in [6.07, 6.45) is -0.00530. The Bertz CT molecular complexity index is 347. The average molecular weight is 247 g/mol. The molecule has 0 nitrogen and oxygen atoms in total. The first-order valence-electron chi connectivity index (χ1n) is 4.14. The normalized spacial score (nSPS) is 24.5. The van der Waals surface area contributed by atoms with Crippen LogP contribution in [0.5, 0.6) is 0 Å². The van der Waals surface area contributed by atoms with Gasteiger partial charge in [-0.1, -0.05) is 28.1 Å². The highest BCUT2D eigenvalue weighted by Crippen LogP contribution is 2.57. The lowest BCUT2D eigenvalue weighted by Crippen LogP contribution is -1.93. The van der Waals surface area contributed by atoms with Crippen LogP contribution in [0.15, 0.2) is 22.7 Å².